The van der Waals surface area contributed by atoms with Gasteiger partial charge in [-0.2, -0.15) is 0 Å². The van der Waals surface area contributed by atoms with E-state index in [1.165, 1.54) is 0 Å². The van der Waals surface area contributed by atoms with Crippen LogP contribution in [0.2, 0.25) is 5.02 Å². The third-order valence-corrected chi connectivity index (χ3v) is 9.79. The van der Waals surface area contributed by atoms with Crippen molar-refractivity contribution in [1.29, 1.82) is 0 Å². The van der Waals surface area contributed by atoms with Gasteiger partial charge in [-0.25, -0.2) is 0 Å². The van der Waals surface area contributed by atoms with Crippen LogP contribution in [-0.4, -0.2) is 70.1 Å². The molecular weight excluding hydrogens is 512 g/mol. The van der Waals surface area contributed by atoms with Gasteiger partial charge in [0.25, 0.3) is 5.91 Å². The summed E-state index contributed by atoms with van der Waals surface area (Å²) in [5, 5.41) is 9.47. The van der Waals surface area contributed by atoms with E-state index in [1.54, 1.807) is 33.7 Å². The van der Waals surface area contributed by atoms with E-state index in [9.17, 15) is 14.4 Å². The van der Waals surface area contributed by atoms with Crippen LogP contribution < -0.4 is 4.90 Å². The summed E-state index contributed by atoms with van der Waals surface area (Å²) < 4.78 is 4.76. The van der Waals surface area contributed by atoms with Crippen molar-refractivity contribution in [3.8, 4) is 0 Å². The highest BCUT2D eigenvalue weighted by Gasteiger charge is 2.70. The Morgan fingerprint density at radius 2 is 1.84 bits per heavy atom. The Balaban J connectivity index is 1.53. The third kappa shape index (κ3) is 4.84. The molecule has 1 N–H and O–H groups in total. The van der Waals surface area contributed by atoms with Crippen molar-refractivity contribution in [2.45, 2.75) is 54.6 Å². The van der Waals surface area contributed by atoms with Gasteiger partial charge in [-0.15, -0.1) is 11.8 Å². The third-order valence-electron chi connectivity index (χ3n) is 7.80. The van der Waals surface area contributed by atoms with Crippen LogP contribution in [0.15, 0.2) is 48.6 Å². The Morgan fingerprint density at radius 3 is 2.62 bits per heavy atom. The fourth-order valence-electron chi connectivity index (χ4n) is 6.09. The maximum Gasteiger partial charge on any atom is 0.311 e. The molecule has 2 fully saturated rings. The second kappa shape index (κ2) is 11.2. The number of hydrogen-bond acceptors (Lipinski definition) is 6. The smallest absolute Gasteiger partial charge is 0.311 e. The van der Waals surface area contributed by atoms with Gasteiger partial charge in [-0.1, -0.05) is 48.7 Å². The summed E-state index contributed by atoms with van der Waals surface area (Å²) in [4.78, 5) is 45.1. The first kappa shape index (κ1) is 26.3. The maximum absolute atomic E-state index is 14.3. The summed E-state index contributed by atoms with van der Waals surface area (Å²) in [5.74, 6) is -1.93. The molecule has 0 saturated carbocycles. The number of halogens is 1. The molecule has 2 saturated heterocycles. The van der Waals surface area contributed by atoms with Gasteiger partial charge >= 0.3 is 5.97 Å². The van der Waals surface area contributed by atoms with Crippen molar-refractivity contribution in [1.82, 2.24) is 4.90 Å². The van der Waals surface area contributed by atoms with Gasteiger partial charge in [-0.05, 0) is 49.9 Å². The SMILES string of the molecule is O=C1OCCC/C=C\[C@@H]2S[C@]34C=CCN(c5ccc(Cl)cc5)C(=O)C3N(CCCCCCO)C(=O)[C@@H]4[C@H]12. The number of ether oxygens (including phenoxy) is 1. The minimum Gasteiger partial charge on any atom is -0.465 e. The Morgan fingerprint density at radius 1 is 1.05 bits per heavy atom. The van der Waals surface area contributed by atoms with Gasteiger partial charge in [0.2, 0.25) is 5.91 Å². The largest absolute Gasteiger partial charge is 0.465 e. The minimum absolute atomic E-state index is 0.144. The number of carbonyl (C=O) groups is 3. The van der Waals surface area contributed by atoms with Gasteiger partial charge in [0.15, 0.2) is 0 Å². The highest BCUT2D eigenvalue weighted by atomic mass is 35.5. The lowest BCUT2D eigenvalue weighted by Crippen LogP contribution is -2.53. The van der Waals surface area contributed by atoms with Crippen LogP contribution in [-0.2, 0) is 19.1 Å². The lowest BCUT2D eigenvalue weighted by molar-refractivity contribution is -0.153. The molecule has 5 rings (SSSR count). The second-order valence-corrected chi connectivity index (χ2v) is 12.0. The molecule has 7 nitrogen and oxygen atoms in total. The zero-order valence-electron chi connectivity index (χ0n) is 20.8. The zero-order valence-corrected chi connectivity index (χ0v) is 22.3. The zero-order chi connectivity index (χ0) is 26.0. The predicted octanol–water partition coefficient (Wildman–Crippen LogP) is 3.99. The number of aliphatic hydroxyl groups is 1. The molecule has 1 spiro atoms. The lowest BCUT2D eigenvalue weighted by atomic mass is 9.78. The number of carbonyl (C=O) groups excluding carboxylic acids is 3. The average Bonchev–Trinajstić information content (AvgIpc) is 3.29. The summed E-state index contributed by atoms with van der Waals surface area (Å²) in [6, 6.07) is 6.43. The monoisotopic (exact) mass is 544 g/mol. The number of thioether (sulfide) groups is 1. The molecule has 1 aromatic rings. The number of anilines is 1. The summed E-state index contributed by atoms with van der Waals surface area (Å²) in [6.07, 6.45) is 12.8. The summed E-state index contributed by atoms with van der Waals surface area (Å²) in [7, 11) is 0. The molecule has 2 amide bonds. The first-order valence-corrected chi connectivity index (χ1v) is 14.4. The standard InChI is InChI=1S/C28H33ClN2O5S/c29-19-10-12-20(13-11-19)30-16-8-14-28-23(22-21(37-28)9-4-3-7-18-36-27(22)35)25(33)31(24(28)26(30)34)15-5-1-2-6-17-32/h4,8-14,21-24,32H,1-3,5-7,15-18H2/b9-4-/t21-,22+,23-,24?,28-/m0/s1. The van der Waals surface area contributed by atoms with Crippen LogP contribution >= 0.6 is 23.4 Å². The highest BCUT2D eigenvalue weighted by molar-refractivity contribution is 8.02. The van der Waals surface area contributed by atoms with E-state index in [2.05, 4.69) is 6.08 Å². The first-order valence-electron chi connectivity index (χ1n) is 13.1. The molecule has 4 heterocycles. The van der Waals surface area contributed by atoms with Crippen LogP contribution in [0, 0.1) is 11.8 Å². The Kier molecular flexibility index (Phi) is 7.98. The van der Waals surface area contributed by atoms with Crippen molar-refractivity contribution < 1.29 is 24.2 Å². The van der Waals surface area contributed by atoms with Crippen molar-refractivity contribution in [3.63, 3.8) is 0 Å². The average molecular weight is 545 g/mol. The Labute approximate surface area is 226 Å². The minimum atomic E-state index is -0.849. The molecule has 198 valence electrons. The van der Waals surface area contributed by atoms with Gasteiger partial charge < -0.3 is 19.6 Å². The number of benzene rings is 1. The Bertz CT molecular complexity index is 1090. The van der Waals surface area contributed by atoms with Gasteiger partial charge in [0, 0.05) is 35.7 Å². The molecule has 4 aliphatic rings. The van der Waals surface area contributed by atoms with Crippen LogP contribution in [0.4, 0.5) is 5.69 Å². The molecule has 0 aliphatic carbocycles. The number of esters is 1. The van der Waals surface area contributed by atoms with Crippen molar-refractivity contribution in [2.24, 2.45) is 11.8 Å². The normalized spacial score (nSPS) is 32.1. The predicted molar refractivity (Wildman–Crippen MR) is 144 cm³/mol. The van der Waals surface area contributed by atoms with Gasteiger partial charge in [0.05, 0.1) is 23.2 Å². The van der Waals surface area contributed by atoms with E-state index in [1.807, 2.05) is 30.4 Å². The lowest BCUT2D eigenvalue weighted by Gasteiger charge is -2.35. The maximum atomic E-state index is 14.3. The number of unbranched alkanes of at least 4 members (excludes halogenated alkanes) is 3. The number of hydrogen-bond donors (Lipinski definition) is 1. The summed E-state index contributed by atoms with van der Waals surface area (Å²) in [6.45, 7) is 1.29. The number of rotatable bonds is 7. The molecule has 37 heavy (non-hydrogen) atoms. The van der Waals surface area contributed by atoms with E-state index in [-0.39, 0.29) is 29.6 Å². The number of amides is 2. The number of likely N-dealkylation sites (tertiary alicyclic amines) is 1. The number of cyclic esters (lactones) is 1. The Hall–Kier alpha value is -2.29. The van der Waals surface area contributed by atoms with Crippen LogP contribution in [0.5, 0.6) is 0 Å². The van der Waals surface area contributed by atoms with E-state index in [0.717, 1.165) is 37.8 Å². The number of allylic oxidation sites excluding steroid dienone is 1. The molecule has 0 aromatic heterocycles. The molecule has 9 heteroatoms. The molecule has 5 atom stereocenters. The summed E-state index contributed by atoms with van der Waals surface area (Å²) >= 11 is 7.66. The summed E-state index contributed by atoms with van der Waals surface area (Å²) in [5.41, 5.74) is 0.722. The molecule has 0 radical (unpaired) electrons. The van der Waals surface area contributed by atoms with Crippen molar-refractivity contribution >= 4 is 46.8 Å². The highest BCUT2D eigenvalue weighted by Crippen LogP contribution is 2.60. The van der Waals surface area contributed by atoms with Crippen molar-refractivity contribution in [2.75, 3.05) is 31.2 Å². The van der Waals surface area contributed by atoms with Crippen LogP contribution in [0.25, 0.3) is 0 Å². The number of nitrogens with zero attached hydrogens (tertiary/aromatic N) is 2. The molecular formula is C28H33ClN2O5S. The number of fused-ring (bicyclic) bond motifs is 2. The van der Waals surface area contributed by atoms with E-state index in [0.29, 0.717) is 31.1 Å². The van der Waals surface area contributed by atoms with Crippen molar-refractivity contribution in [3.05, 3.63) is 53.6 Å². The van der Waals surface area contributed by atoms with Crippen LogP contribution in [0.3, 0.4) is 0 Å². The first-order chi connectivity index (χ1) is 18.0. The number of aliphatic hydroxyl groups excluding tert-OH is 1. The van der Waals surface area contributed by atoms with Gasteiger partial charge in [0.1, 0.15) is 6.04 Å². The second-order valence-electron chi connectivity index (χ2n) is 10.1. The topological polar surface area (TPSA) is 87.2 Å². The molecule has 1 unspecified atom stereocenters. The van der Waals surface area contributed by atoms with E-state index < -0.39 is 22.6 Å². The fraction of sp³-hybridized carbons (Fsp3) is 0.536. The van der Waals surface area contributed by atoms with Gasteiger partial charge in [-0.3, -0.25) is 14.4 Å². The van der Waals surface area contributed by atoms with E-state index >= 15 is 0 Å². The quantitative estimate of drug-likeness (QED) is 0.317. The van der Waals surface area contributed by atoms with E-state index in [4.69, 9.17) is 21.4 Å². The molecule has 1 aromatic carbocycles. The molecule has 0 bridgehead atoms. The fourth-order valence-corrected chi connectivity index (χ4v) is 8.22. The van der Waals surface area contributed by atoms with Crippen LogP contribution in [0.1, 0.15) is 38.5 Å². The molecule has 4 aliphatic heterocycles.